The Morgan fingerprint density at radius 2 is 1.58 bits per heavy atom. The molecule has 3 atom stereocenters. The van der Waals surface area contributed by atoms with E-state index in [-0.39, 0.29) is 44.0 Å². The molecule has 0 saturated heterocycles. The number of esters is 3. The first-order valence-corrected chi connectivity index (χ1v) is 8.44. The number of ketones is 3. The molecule has 0 heterocycles. The van der Waals surface area contributed by atoms with E-state index < -0.39 is 40.8 Å². The monoisotopic (exact) mass is 368 g/mol. The third kappa shape index (κ3) is 4.83. The maximum Gasteiger partial charge on any atom is 0.383 e. The smallest absolute Gasteiger partial charge is 0.383 e. The second-order valence-electron chi connectivity index (χ2n) is 6.65. The fourth-order valence-corrected chi connectivity index (χ4v) is 3.63. The lowest BCUT2D eigenvalue weighted by Gasteiger charge is -2.42. The van der Waals surface area contributed by atoms with Gasteiger partial charge in [0.05, 0.1) is 6.61 Å². The van der Waals surface area contributed by atoms with Gasteiger partial charge in [-0.05, 0) is 45.4 Å². The van der Waals surface area contributed by atoms with Crippen LogP contribution in [-0.2, 0) is 38.2 Å². The molecule has 26 heavy (non-hydrogen) atoms. The summed E-state index contributed by atoms with van der Waals surface area (Å²) < 4.78 is 9.28. The quantitative estimate of drug-likeness (QED) is 0.373. The molecule has 0 aromatic heterocycles. The van der Waals surface area contributed by atoms with Crippen LogP contribution in [0.1, 0.15) is 53.4 Å². The van der Waals surface area contributed by atoms with Gasteiger partial charge >= 0.3 is 17.9 Å². The molecule has 1 saturated carbocycles. The van der Waals surface area contributed by atoms with Crippen molar-refractivity contribution in [2.45, 2.75) is 53.4 Å². The minimum absolute atomic E-state index is 0.00313. The Bertz CT molecular complexity index is 635. The fraction of sp³-hybridized carbons (Fsp3) is 0.667. The van der Waals surface area contributed by atoms with E-state index in [0.717, 1.165) is 6.92 Å². The second-order valence-corrected chi connectivity index (χ2v) is 6.65. The van der Waals surface area contributed by atoms with Gasteiger partial charge in [-0.1, -0.05) is 0 Å². The maximum absolute atomic E-state index is 12.7. The average Bonchev–Trinajstić information content (AvgIpc) is 2.52. The van der Waals surface area contributed by atoms with Gasteiger partial charge in [0.1, 0.15) is 17.0 Å². The Morgan fingerprint density at radius 3 is 2.04 bits per heavy atom. The number of ether oxygens (including phenoxy) is 2. The van der Waals surface area contributed by atoms with Crippen LogP contribution in [0.3, 0.4) is 0 Å². The number of carbonyl (C=O) groups excluding carboxylic acids is 6. The first-order chi connectivity index (χ1) is 12.0. The predicted molar refractivity (Wildman–Crippen MR) is 87.7 cm³/mol. The van der Waals surface area contributed by atoms with Crippen molar-refractivity contribution in [2.24, 2.45) is 17.3 Å². The van der Waals surface area contributed by atoms with Crippen LogP contribution in [0.5, 0.6) is 0 Å². The Morgan fingerprint density at radius 1 is 0.962 bits per heavy atom. The van der Waals surface area contributed by atoms with Crippen LogP contribution >= 0.6 is 0 Å². The molecule has 1 rings (SSSR count). The Balaban J connectivity index is 3.20. The van der Waals surface area contributed by atoms with E-state index in [2.05, 4.69) is 4.74 Å². The lowest BCUT2D eigenvalue weighted by atomic mass is 9.58. The van der Waals surface area contributed by atoms with Crippen molar-refractivity contribution in [3.05, 3.63) is 0 Å². The average molecular weight is 368 g/mol. The summed E-state index contributed by atoms with van der Waals surface area (Å²) in [6.07, 6.45) is 0.637. The second kappa shape index (κ2) is 8.82. The molecular weight excluding hydrogens is 344 g/mol. The van der Waals surface area contributed by atoms with Gasteiger partial charge < -0.3 is 9.47 Å². The normalized spacial score (nSPS) is 25.1. The molecule has 0 bridgehead atoms. The minimum atomic E-state index is -1.68. The third-order valence-electron chi connectivity index (χ3n) is 4.95. The summed E-state index contributed by atoms with van der Waals surface area (Å²) >= 11 is 0. The molecule has 3 unspecified atom stereocenters. The summed E-state index contributed by atoms with van der Waals surface area (Å²) in [5.74, 6) is -5.55. The Hall–Kier alpha value is -2.38. The van der Waals surface area contributed by atoms with Crippen molar-refractivity contribution in [3.8, 4) is 0 Å². The topological polar surface area (TPSA) is 121 Å². The van der Waals surface area contributed by atoms with Gasteiger partial charge in [0.2, 0.25) is 0 Å². The van der Waals surface area contributed by atoms with Crippen molar-refractivity contribution < 1.29 is 38.2 Å². The van der Waals surface area contributed by atoms with E-state index in [4.69, 9.17) is 4.74 Å². The van der Waals surface area contributed by atoms with Crippen molar-refractivity contribution in [1.29, 1.82) is 0 Å². The fourth-order valence-electron chi connectivity index (χ4n) is 3.63. The van der Waals surface area contributed by atoms with Crippen LogP contribution in [0.15, 0.2) is 0 Å². The zero-order chi connectivity index (χ0) is 20.1. The first kappa shape index (κ1) is 21.7. The van der Waals surface area contributed by atoms with Gasteiger partial charge in [-0.2, -0.15) is 0 Å². The number of rotatable bonds is 7. The summed E-state index contributed by atoms with van der Waals surface area (Å²) in [6.45, 7) is 4.80. The standard InChI is InChI=1S/C18H24O8/c1-10(19)14-5-7-18(11(2)20,16(23)17(24)26-13(4)22)15(9-14)6-8-25-12(3)21/h14-15H,5-9H2,1-4H3. The third-order valence-corrected chi connectivity index (χ3v) is 4.95. The van der Waals surface area contributed by atoms with Gasteiger partial charge in [0, 0.05) is 19.8 Å². The molecule has 1 aliphatic carbocycles. The van der Waals surface area contributed by atoms with Gasteiger partial charge in [0.15, 0.2) is 0 Å². The van der Waals surface area contributed by atoms with Crippen molar-refractivity contribution in [2.75, 3.05) is 6.61 Å². The van der Waals surface area contributed by atoms with Crippen molar-refractivity contribution in [3.63, 3.8) is 0 Å². The van der Waals surface area contributed by atoms with E-state index in [1.165, 1.54) is 20.8 Å². The lowest BCUT2D eigenvalue weighted by molar-refractivity contribution is -0.171. The molecule has 0 aromatic rings. The summed E-state index contributed by atoms with van der Waals surface area (Å²) in [4.78, 5) is 70.9. The van der Waals surface area contributed by atoms with Crippen molar-refractivity contribution in [1.82, 2.24) is 0 Å². The van der Waals surface area contributed by atoms with E-state index in [0.29, 0.717) is 0 Å². The van der Waals surface area contributed by atoms with Gasteiger partial charge in [-0.15, -0.1) is 0 Å². The molecule has 0 radical (unpaired) electrons. The molecular formula is C18H24O8. The number of hydrogen-bond donors (Lipinski definition) is 0. The molecule has 0 aromatic carbocycles. The van der Waals surface area contributed by atoms with E-state index in [9.17, 15) is 28.8 Å². The van der Waals surface area contributed by atoms with Crippen LogP contribution in [0.4, 0.5) is 0 Å². The molecule has 0 N–H and O–H groups in total. The van der Waals surface area contributed by atoms with Crippen LogP contribution in [0.2, 0.25) is 0 Å². The largest absolute Gasteiger partial charge is 0.466 e. The zero-order valence-electron chi connectivity index (χ0n) is 15.5. The summed E-state index contributed by atoms with van der Waals surface area (Å²) in [6, 6.07) is 0. The van der Waals surface area contributed by atoms with E-state index in [1.54, 1.807) is 0 Å². The molecule has 0 spiro atoms. The summed E-state index contributed by atoms with van der Waals surface area (Å²) in [5.41, 5.74) is -1.68. The highest BCUT2D eigenvalue weighted by molar-refractivity contribution is 6.41. The first-order valence-electron chi connectivity index (χ1n) is 8.44. The van der Waals surface area contributed by atoms with Gasteiger partial charge in [-0.3, -0.25) is 24.0 Å². The molecule has 0 amide bonds. The van der Waals surface area contributed by atoms with Gasteiger partial charge in [0.25, 0.3) is 5.78 Å². The van der Waals surface area contributed by atoms with Crippen LogP contribution < -0.4 is 0 Å². The maximum atomic E-state index is 12.7. The SMILES string of the molecule is CC(=O)OCCC1CC(C(C)=O)CCC1(C(C)=O)C(=O)C(=O)OC(C)=O. The predicted octanol–water partition coefficient (Wildman–Crippen LogP) is 1.18. The van der Waals surface area contributed by atoms with Crippen LogP contribution in [0.25, 0.3) is 0 Å². The minimum Gasteiger partial charge on any atom is -0.466 e. The lowest BCUT2D eigenvalue weighted by Crippen LogP contribution is -2.52. The summed E-state index contributed by atoms with van der Waals surface area (Å²) in [7, 11) is 0. The van der Waals surface area contributed by atoms with Crippen LogP contribution in [-0.4, -0.2) is 41.9 Å². The van der Waals surface area contributed by atoms with E-state index in [1.807, 2.05) is 0 Å². The van der Waals surface area contributed by atoms with Gasteiger partial charge in [-0.25, -0.2) is 4.79 Å². The highest BCUT2D eigenvalue weighted by atomic mass is 16.6. The molecule has 8 nitrogen and oxygen atoms in total. The number of hydrogen-bond acceptors (Lipinski definition) is 8. The number of Topliss-reactive ketones (excluding diaryl/α,β-unsaturated/α-hetero) is 3. The number of carbonyl (C=O) groups is 6. The molecule has 0 aliphatic heterocycles. The zero-order valence-corrected chi connectivity index (χ0v) is 15.5. The highest BCUT2D eigenvalue weighted by Gasteiger charge is 2.55. The molecule has 144 valence electrons. The Labute approximate surface area is 151 Å². The molecule has 8 heteroatoms. The molecule has 1 fully saturated rings. The van der Waals surface area contributed by atoms with Crippen LogP contribution in [0, 0.1) is 17.3 Å². The summed E-state index contributed by atoms with van der Waals surface area (Å²) in [5, 5.41) is 0. The Kier molecular flexibility index (Phi) is 7.35. The highest BCUT2D eigenvalue weighted by Crippen LogP contribution is 2.47. The van der Waals surface area contributed by atoms with E-state index >= 15 is 0 Å². The molecule has 1 aliphatic rings. The van der Waals surface area contributed by atoms with Crippen molar-refractivity contribution >= 4 is 35.3 Å².